The van der Waals surface area contributed by atoms with Gasteiger partial charge in [0.15, 0.2) is 0 Å². The van der Waals surface area contributed by atoms with E-state index in [9.17, 15) is 26.3 Å². The number of hydrogen-bond acceptors (Lipinski definition) is 2. The third-order valence-electron chi connectivity index (χ3n) is 6.26. The number of unbranched alkanes of at least 4 members (excludes halogenated alkanes) is 2. The highest BCUT2D eigenvalue weighted by Gasteiger charge is 2.42. The molecule has 0 amide bonds. The van der Waals surface area contributed by atoms with E-state index in [2.05, 4.69) is 11.7 Å². The number of alkyl halides is 2. The Balaban J connectivity index is 1.75. The summed E-state index contributed by atoms with van der Waals surface area (Å²) in [5.74, 6) is -6.38. The van der Waals surface area contributed by atoms with Gasteiger partial charge in [-0.25, -0.2) is 17.6 Å². The molecule has 1 aliphatic carbocycles. The summed E-state index contributed by atoms with van der Waals surface area (Å²) < 4.78 is 90.0. The van der Waals surface area contributed by atoms with Crippen LogP contribution in [0.2, 0.25) is 0 Å². The minimum Gasteiger partial charge on any atom is -0.429 e. The summed E-state index contributed by atoms with van der Waals surface area (Å²) in [6.07, 6.45) is 3.38. The first kappa shape index (κ1) is 24.9. The summed E-state index contributed by atoms with van der Waals surface area (Å²) in [5.41, 5.74) is -2.30. The molecule has 0 N–H and O–H groups in total. The van der Waals surface area contributed by atoms with Crippen LogP contribution in [-0.4, -0.2) is 0 Å². The minimum absolute atomic E-state index is 0.123. The van der Waals surface area contributed by atoms with Crippen molar-refractivity contribution in [3.05, 3.63) is 64.2 Å². The van der Waals surface area contributed by atoms with E-state index in [4.69, 9.17) is 5.26 Å². The summed E-state index contributed by atoms with van der Waals surface area (Å²) in [6, 6.07) is 3.74. The average molecular weight is 469 g/mol. The number of nitriles is 1. The largest absolute Gasteiger partial charge is 0.432 e. The number of ether oxygens (including phenoxy) is 1. The SMILES string of the molecule is CCCCCC1CCC(c2cc(F)c(C(F)(F)Oc3cc(F)c(C#N)c(F)c3)c(F)c2)CC1. The van der Waals surface area contributed by atoms with Crippen LogP contribution in [0.1, 0.15) is 80.9 Å². The molecule has 3 rings (SSSR count). The maximum absolute atomic E-state index is 14.6. The van der Waals surface area contributed by atoms with Gasteiger partial charge in [0.1, 0.15) is 46.2 Å². The van der Waals surface area contributed by atoms with Gasteiger partial charge in [-0.1, -0.05) is 32.6 Å². The lowest BCUT2D eigenvalue weighted by atomic mass is 9.77. The molecule has 0 aliphatic heterocycles. The highest BCUT2D eigenvalue weighted by molar-refractivity contribution is 5.39. The fourth-order valence-electron chi connectivity index (χ4n) is 4.49. The standard InChI is InChI=1S/C25H25F6NO/c1-2-3-4-5-15-6-8-16(9-7-15)17-10-22(28)24(23(29)11-17)25(30,31)33-18-12-20(26)19(14-32)21(27)13-18/h10-13,15-16H,2-9H2,1H3. The molecule has 0 atom stereocenters. The van der Waals surface area contributed by atoms with Crippen LogP contribution in [0.15, 0.2) is 24.3 Å². The zero-order valence-corrected chi connectivity index (χ0v) is 18.2. The van der Waals surface area contributed by atoms with Gasteiger partial charge in [-0.15, -0.1) is 0 Å². The van der Waals surface area contributed by atoms with Crippen LogP contribution in [0.3, 0.4) is 0 Å². The molecule has 0 unspecified atom stereocenters. The van der Waals surface area contributed by atoms with Crippen molar-refractivity contribution < 1.29 is 31.1 Å². The smallest absolute Gasteiger partial charge is 0.429 e. The van der Waals surface area contributed by atoms with Crippen LogP contribution in [0, 0.1) is 40.5 Å². The molecule has 1 fully saturated rings. The zero-order valence-electron chi connectivity index (χ0n) is 18.2. The Kier molecular flexibility index (Phi) is 7.93. The Morgan fingerprint density at radius 2 is 1.48 bits per heavy atom. The number of halogens is 6. The van der Waals surface area contributed by atoms with E-state index in [1.165, 1.54) is 12.5 Å². The van der Waals surface area contributed by atoms with Gasteiger partial charge in [-0.3, -0.25) is 0 Å². The molecule has 0 saturated heterocycles. The van der Waals surface area contributed by atoms with Crippen LogP contribution >= 0.6 is 0 Å². The second-order valence-electron chi connectivity index (χ2n) is 8.57. The minimum atomic E-state index is -4.53. The maximum atomic E-state index is 14.6. The number of rotatable bonds is 8. The Morgan fingerprint density at radius 1 is 0.909 bits per heavy atom. The molecule has 0 aromatic heterocycles. The van der Waals surface area contributed by atoms with E-state index in [-0.39, 0.29) is 5.92 Å². The Morgan fingerprint density at radius 3 is 2.00 bits per heavy atom. The van der Waals surface area contributed by atoms with E-state index in [1.807, 2.05) is 0 Å². The summed E-state index contributed by atoms with van der Waals surface area (Å²) in [5, 5.41) is 8.65. The Bertz CT molecular complexity index is 978. The quantitative estimate of drug-likeness (QED) is 0.289. The Labute approximate surface area is 189 Å². The third-order valence-corrected chi connectivity index (χ3v) is 6.26. The topological polar surface area (TPSA) is 33.0 Å². The monoisotopic (exact) mass is 469 g/mol. The first-order valence-corrected chi connectivity index (χ1v) is 11.1. The highest BCUT2D eigenvalue weighted by Crippen LogP contribution is 2.41. The fraction of sp³-hybridized carbons (Fsp3) is 0.480. The molecule has 33 heavy (non-hydrogen) atoms. The average Bonchev–Trinajstić information content (AvgIpc) is 2.73. The van der Waals surface area contributed by atoms with Crippen LogP contribution < -0.4 is 4.74 Å². The molecule has 1 saturated carbocycles. The van der Waals surface area contributed by atoms with Crippen molar-refractivity contribution in [3.8, 4) is 11.8 Å². The molecule has 1 aliphatic rings. The summed E-state index contributed by atoms with van der Waals surface area (Å²) in [6.45, 7) is 2.14. The molecular formula is C25H25F6NO. The molecule has 0 bridgehead atoms. The van der Waals surface area contributed by atoms with Gasteiger partial charge in [0, 0.05) is 12.1 Å². The van der Waals surface area contributed by atoms with Gasteiger partial charge >= 0.3 is 6.11 Å². The van der Waals surface area contributed by atoms with Crippen LogP contribution in [0.5, 0.6) is 5.75 Å². The van der Waals surface area contributed by atoms with Gasteiger partial charge in [0.25, 0.3) is 0 Å². The van der Waals surface area contributed by atoms with Gasteiger partial charge in [0.05, 0.1) is 0 Å². The van der Waals surface area contributed by atoms with Gasteiger partial charge in [0.2, 0.25) is 0 Å². The fourth-order valence-corrected chi connectivity index (χ4v) is 4.49. The van der Waals surface area contributed by atoms with Crippen molar-refractivity contribution in [2.75, 3.05) is 0 Å². The number of nitrogens with zero attached hydrogens (tertiary/aromatic N) is 1. The second kappa shape index (κ2) is 10.5. The lowest BCUT2D eigenvalue weighted by molar-refractivity contribution is -0.189. The molecule has 8 heteroatoms. The highest BCUT2D eigenvalue weighted by atomic mass is 19.3. The van der Waals surface area contributed by atoms with Crippen molar-refractivity contribution in [1.82, 2.24) is 0 Å². The van der Waals surface area contributed by atoms with Gasteiger partial charge < -0.3 is 4.74 Å². The molecule has 0 heterocycles. The third kappa shape index (κ3) is 5.82. The molecule has 2 aromatic rings. The molecular weight excluding hydrogens is 444 g/mol. The van der Waals surface area contributed by atoms with Crippen LogP contribution in [0.25, 0.3) is 0 Å². The number of hydrogen-bond donors (Lipinski definition) is 0. The first-order chi connectivity index (χ1) is 15.7. The van der Waals surface area contributed by atoms with Gasteiger partial charge in [-0.05, 0) is 55.2 Å². The van der Waals surface area contributed by atoms with Crippen molar-refractivity contribution in [2.45, 2.75) is 70.3 Å². The summed E-state index contributed by atoms with van der Waals surface area (Å²) in [4.78, 5) is 0. The van der Waals surface area contributed by atoms with E-state index in [0.29, 0.717) is 23.6 Å². The van der Waals surface area contributed by atoms with E-state index in [1.54, 1.807) is 0 Å². The zero-order chi connectivity index (χ0) is 24.2. The normalized spacial score (nSPS) is 18.7. The predicted molar refractivity (Wildman–Crippen MR) is 111 cm³/mol. The van der Waals surface area contributed by atoms with Crippen molar-refractivity contribution in [1.29, 1.82) is 5.26 Å². The summed E-state index contributed by atoms with van der Waals surface area (Å²) in [7, 11) is 0. The van der Waals surface area contributed by atoms with E-state index >= 15 is 0 Å². The van der Waals surface area contributed by atoms with E-state index < -0.39 is 46.3 Å². The molecule has 2 nitrogen and oxygen atoms in total. The lowest BCUT2D eigenvalue weighted by Gasteiger charge is -2.29. The van der Waals surface area contributed by atoms with E-state index in [0.717, 1.165) is 57.1 Å². The first-order valence-electron chi connectivity index (χ1n) is 11.1. The second-order valence-corrected chi connectivity index (χ2v) is 8.57. The molecule has 2 aromatic carbocycles. The Hall–Kier alpha value is -2.69. The molecule has 178 valence electrons. The number of benzene rings is 2. The maximum Gasteiger partial charge on any atom is 0.432 e. The van der Waals surface area contributed by atoms with Crippen molar-refractivity contribution in [3.63, 3.8) is 0 Å². The van der Waals surface area contributed by atoms with Crippen molar-refractivity contribution in [2.24, 2.45) is 5.92 Å². The van der Waals surface area contributed by atoms with Crippen LogP contribution in [0.4, 0.5) is 26.3 Å². The molecule has 0 spiro atoms. The van der Waals surface area contributed by atoms with Gasteiger partial charge in [-0.2, -0.15) is 14.0 Å². The van der Waals surface area contributed by atoms with Crippen LogP contribution in [-0.2, 0) is 6.11 Å². The predicted octanol–water partition coefficient (Wildman–Crippen LogP) is 8.10. The lowest BCUT2D eigenvalue weighted by Crippen LogP contribution is -2.26. The summed E-state index contributed by atoms with van der Waals surface area (Å²) >= 11 is 0. The molecule has 0 radical (unpaired) electrons. The van der Waals surface area contributed by atoms with Crippen molar-refractivity contribution >= 4 is 0 Å².